The van der Waals surface area contributed by atoms with E-state index in [1.54, 1.807) is 42.5 Å². The minimum atomic E-state index is -1.28. The maximum Gasteiger partial charge on any atom is 0.161 e. The van der Waals surface area contributed by atoms with Crippen molar-refractivity contribution in [3.05, 3.63) is 89.5 Å². The Kier molecular flexibility index (Phi) is 6.33. The first kappa shape index (κ1) is 19.8. The summed E-state index contributed by atoms with van der Waals surface area (Å²) < 4.78 is 11.2. The molecular weight excluding hydrogens is 368 g/mol. The molecular formula is C23H19N2O4-. The van der Waals surface area contributed by atoms with E-state index in [4.69, 9.17) is 14.7 Å². The summed E-state index contributed by atoms with van der Waals surface area (Å²) in [6, 6.07) is 22.0. The summed E-state index contributed by atoms with van der Waals surface area (Å²) >= 11 is 0. The van der Waals surface area contributed by atoms with Crippen LogP contribution in [0.15, 0.2) is 72.8 Å². The molecule has 6 nitrogen and oxygen atoms in total. The highest BCUT2D eigenvalue weighted by Crippen LogP contribution is 2.32. The molecule has 3 aromatic carbocycles. The average Bonchev–Trinajstić information content (AvgIpc) is 2.77. The first-order chi connectivity index (χ1) is 14.1. The molecule has 1 unspecified atom stereocenters. The zero-order valence-corrected chi connectivity index (χ0v) is 15.8. The largest absolute Gasteiger partial charge is 0.548 e. The molecule has 0 aliphatic rings. The molecule has 0 saturated heterocycles. The Bertz CT molecular complexity index is 1010. The molecule has 0 aromatic heterocycles. The van der Waals surface area contributed by atoms with Gasteiger partial charge in [0.25, 0.3) is 0 Å². The number of hydrogen-bond acceptors (Lipinski definition) is 6. The molecule has 1 N–H and O–H groups in total. The highest BCUT2D eigenvalue weighted by atomic mass is 16.5. The van der Waals surface area contributed by atoms with Crippen LogP contribution in [0.1, 0.15) is 22.7 Å². The van der Waals surface area contributed by atoms with E-state index < -0.39 is 12.0 Å². The first-order valence-electron chi connectivity index (χ1n) is 8.93. The minimum absolute atomic E-state index is 0.365. The van der Waals surface area contributed by atoms with Crippen molar-refractivity contribution in [2.75, 3.05) is 12.4 Å². The topological polar surface area (TPSA) is 94.4 Å². The van der Waals surface area contributed by atoms with Gasteiger partial charge >= 0.3 is 0 Å². The predicted octanol–water partition coefficient (Wildman–Crippen LogP) is 3.05. The van der Waals surface area contributed by atoms with Gasteiger partial charge in [0.15, 0.2) is 11.5 Å². The van der Waals surface area contributed by atoms with Gasteiger partial charge in [-0.25, -0.2) is 0 Å². The summed E-state index contributed by atoms with van der Waals surface area (Å²) in [5, 5.41) is 23.5. The SMILES string of the molecule is COc1cc(C(Nc2ccc(C#N)cc2)C(=O)[O-])ccc1OCc1ccccc1. The molecule has 0 radical (unpaired) electrons. The van der Waals surface area contributed by atoms with Crippen molar-refractivity contribution in [2.24, 2.45) is 0 Å². The second-order valence-corrected chi connectivity index (χ2v) is 6.27. The van der Waals surface area contributed by atoms with Gasteiger partial charge in [-0.15, -0.1) is 0 Å². The number of carbonyl (C=O) groups excluding carboxylic acids is 1. The lowest BCUT2D eigenvalue weighted by Gasteiger charge is -2.22. The Balaban J connectivity index is 1.79. The molecule has 1 atom stereocenters. The molecule has 0 aliphatic heterocycles. The Labute approximate surface area is 168 Å². The van der Waals surface area contributed by atoms with Crippen LogP contribution in [0, 0.1) is 11.3 Å². The van der Waals surface area contributed by atoms with Gasteiger partial charge < -0.3 is 24.7 Å². The fraction of sp³-hybridized carbons (Fsp3) is 0.130. The van der Waals surface area contributed by atoms with Crippen molar-refractivity contribution in [3.63, 3.8) is 0 Å². The van der Waals surface area contributed by atoms with Crippen LogP contribution in [0.5, 0.6) is 11.5 Å². The van der Waals surface area contributed by atoms with Crippen molar-refractivity contribution in [1.82, 2.24) is 0 Å². The third kappa shape index (κ3) is 5.05. The third-order valence-corrected chi connectivity index (χ3v) is 4.32. The minimum Gasteiger partial charge on any atom is -0.548 e. The monoisotopic (exact) mass is 387 g/mol. The number of ether oxygens (including phenoxy) is 2. The van der Waals surface area contributed by atoms with Gasteiger partial charge in [0.1, 0.15) is 6.61 Å². The van der Waals surface area contributed by atoms with Gasteiger partial charge in [-0.1, -0.05) is 36.4 Å². The van der Waals surface area contributed by atoms with E-state index in [0.717, 1.165) is 5.56 Å². The number of carbonyl (C=O) groups is 1. The molecule has 0 fully saturated rings. The maximum atomic E-state index is 11.7. The lowest BCUT2D eigenvalue weighted by atomic mass is 10.1. The maximum absolute atomic E-state index is 11.7. The quantitative estimate of drug-likeness (QED) is 0.638. The number of anilines is 1. The van der Waals surface area contributed by atoms with E-state index in [1.165, 1.54) is 7.11 Å². The fourth-order valence-corrected chi connectivity index (χ4v) is 2.80. The molecule has 0 bridgehead atoms. The summed E-state index contributed by atoms with van der Waals surface area (Å²) in [5.74, 6) is -0.351. The number of nitrogens with zero attached hydrogens (tertiary/aromatic N) is 1. The zero-order valence-electron chi connectivity index (χ0n) is 15.8. The Morgan fingerprint density at radius 3 is 2.41 bits per heavy atom. The number of carboxylic acids is 1. The van der Waals surface area contributed by atoms with Crippen LogP contribution in [0.3, 0.4) is 0 Å². The van der Waals surface area contributed by atoms with Gasteiger partial charge in [-0.3, -0.25) is 0 Å². The molecule has 0 heterocycles. The number of methoxy groups -OCH3 is 1. The van der Waals surface area contributed by atoms with Gasteiger partial charge in [-0.2, -0.15) is 5.26 Å². The van der Waals surface area contributed by atoms with Crippen molar-refractivity contribution >= 4 is 11.7 Å². The molecule has 3 aromatic rings. The molecule has 146 valence electrons. The molecule has 6 heteroatoms. The lowest BCUT2D eigenvalue weighted by molar-refractivity contribution is -0.307. The fourth-order valence-electron chi connectivity index (χ4n) is 2.80. The summed E-state index contributed by atoms with van der Waals surface area (Å²) in [4.78, 5) is 11.7. The molecule has 0 aliphatic carbocycles. The third-order valence-electron chi connectivity index (χ3n) is 4.32. The smallest absolute Gasteiger partial charge is 0.161 e. The van der Waals surface area contributed by atoms with Crippen molar-refractivity contribution in [1.29, 1.82) is 5.26 Å². The highest BCUT2D eigenvalue weighted by Gasteiger charge is 2.16. The molecule has 0 saturated carbocycles. The summed E-state index contributed by atoms with van der Waals surface area (Å²) in [6.07, 6.45) is 0. The van der Waals surface area contributed by atoms with Gasteiger partial charge in [-0.05, 0) is 47.5 Å². The summed E-state index contributed by atoms with van der Waals surface area (Å²) in [7, 11) is 1.50. The van der Waals surface area contributed by atoms with Gasteiger partial charge in [0.05, 0.1) is 30.8 Å². The van der Waals surface area contributed by atoms with Crippen LogP contribution in [-0.2, 0) is 11.4 Å². The zero-order chi connectivity index (χ0) is 20.6. The van der Waals surface area contributed by atoms with Crippen LogP contribution in [0.2, 0.25) is 0 Å². The Morgan fingerprint density at radius 2 is 1.79 bits per heavy atom. The summed E-state index contributed by atoms with van der Waals surface area (Å²) in [5.41, 5.74) is 2.51. The van der Waals surface area contributed by atoms with Crippen LogP contribution in [0.25, 0.3) is 0 Å². The number of nitrogens with one attached hydrogen (secondary N) is 1. The van der Waals surface area contributed by atoms with Gasteiger partial charge in [0.2, 0.25) is 0 Å². The van der Waals surface area contributed by atoms with Crippen molar-refractivity contribution in [3.8, 4) is 17.6 Å². The van der Waals surface area contributed by atoms with Crippen molar-refractivity contribution in [2.45, 2.75) is 12.6 Å². The number of carboxylic acid groups (broad SMARTS) is 1. The number of rotatable bonds is 8. The van der Waals surface area contributed by atoms with E-state index in [2.05, 4.69) is 5.32 Å². The predicted molar refractivity (Wildman–Crippen MR) is 106 cm³/mol. The van der Waals surface area contributed by atoms with E-state index >= 15 is 0 Å². The number of benzene rings is 3. The standard InChI is InChI=1S/C23H20N2O4/c1-28-21-13-18(9-12-20(21)29-15-17-5-3-2-4-6-17)22(23(26)27)25-19-10-7-16(14-24)8-11-19/h2-13,22,25H,15H2,1H3,(H,26,27)/p-1. The second kappa shape index (κ2) is 9.29. The Hall–Kier alpha value is -3.98. The lowest BCUT2D eigenvalue weighted by Crippen LogP contribution is -2.34. The first-order valence-corrected chi connectivity index (χ1v) is 8.93. The van der Waals surface area contributed by atoms with E-state index in [1.807, 2.05) is 36.4 Å². The van der Waals surface area contributed by atoms with Crippen LogP contribution < -0.4 is 19.9 Å². The number of aliphatic carboxylic acids is 1. The van der Waals surface area contributed by atoms with Crippen LogP contribution >= 0.6 is 0 Å². The van der Waals surface area contributed by atoms with Crippen LogP contribution in [0.4, 0.5) is 5.69 Å². The normalized spacial score (nSPS) is 11.2. The number of nitriles is 1. The molecule has 29 heavy (non-hydrogen) atoms. The molecule has 0 amide bonds. The summed E-state index contributed by atoms with van der Waals surface area (Å²) in [6.45, 7) is 0.365. The molecule has 0 spiro atoms. The van der Waals surface area contributed by atoms with E-state index in [-0.39, 0.29) is 0 Å². The van der Waals surface area contributed by atoms with Gasteiger partial charge in [0, 0.05) is 5.69 Å². The van der Waals surface area contributed by atoms with E-state index in [9.17, 15) is 9.90 Å². The second-order valence-electron chi connectivity index (χ2n) is 6.27. The average molecular weight is 387 g/mol. The van der Waals surface area contributed by atoms with E-state index in [0.29, 0.717) is 34.9 Å². The molecule has 3 rings (SSSR count). The van der Waals surface area contributed by atoms with Crippen molar-refractivity contribution < 1.29 is 19.4 Å². The highest BCUT2D eigenvalue weighted by molar-refractivity contribution is 5.78. The Morgan fingerprint density at radius 1 is 1.07 bits per heavy atom. The van der Waals surface area contributed by atoms with Crippen LogP contribution in [-0.4, -0.2) is 13.1 Å². The number of hydrogen-bond donors (Lipinski definition) is 1.